The first-order valence-corrected chi connectivity index (χ1v) is 10.3. The van der Waals surface area contributed by atoms with Gasteiger partial charge in [-0.3, -0.25) is 9.88 Å². The van der Waals surface area contributed by atoms with Gasteiger partial charge in [0.15, 0.2) is 5.13 Å². The van der Waals surface area contributed by atoms with Crippen molar-refractivity contribution in [2.75, 3.05) is 11.9 Å². The number of hydrogen-bond acceptors (Lipinski definition) is 7. The Kier molecular flexibility index (Phi) is 5.60. The van der Waals surface area contributed by atoms with Gasteiger partial charge in [0.1, 0.15) is 11.8 Å². The van der Waals surface area contributed by atoms with Crippen LogP contribution in [0, 0.1) is 18.3 Å². The fourth-order valence-corrected chi connectivity index (χ4v) is 4.32. The summed E-state index contributed by atoms with van der Waals surface area (Å²) in [5.41, 5.74) is 4.74. The standard InChI is InChI=1S/C21H22N6S/c1-15-5-4-9-23-18(15)13-27-10-3-2-6-20(27)19-14-28-21(26-19)25-17-8-7-16(11-22)24-12-17/h4-5,7-9,12,14,20H,2-3,6,10,13H2,1H3,(H,25,26)/t20-/m0/s1. The maximum absolute atomic E-state index is 8.86. The van der Waals surface area contributed by atoms with Crippen molar-refractivity contribution in [3.8, 4) is 6.07 Å². The van der Waals surface area contributed by atoms with Crippen LogP contribution in [0.25, 0.3) is 0 Å². The fourth-order valence-electron chi connectivity index (χ4n) is 3.55. The van der Waals surface area contributed by atoms with Gasteiger partial charge in [-0.15, -0.1) is 11.3 Å². The third kappa shape index (κ3) is 4.19. The number of anilines is 2. The van der Waals surface area contributed by atoms with Crippen LogP contribution in [-0.4, -0.2) is 26.4 Å². The largest absolute Gasteiger partial charge is 0.330 e. The molecule has 4 heterocycles. The van der Waals surface area contributed by atoms with Crippen LogP contribution in [0.3, 0.4) is 0 Å². The quantitative estimate of drug-likeness (QED) is 0.687. The Balaban J connectivity index is 1.49. The second-order valence-electron chi connectivity index (χ2n) is 7.00. The van der Waals surface area contributed by atoms with E-state index in [4.69, 9.17) is 10.2 Å². The van der Waals surface area contributed by atoms with Gasteiger partial charge in [-0.25, -0.2) is 9.97 Å². The highest BCUT2D eigenvalue weighted by molar-refractivity contribution is 7.13. The van der Waals surface area contributed by atoms with E-state index in [-0.39, 0.29) is 0 Å². The molecule has 3 aromatic heterocycles. The number of nitrogens with zero attached hydrogens (tertiary/aromatic N) is 5. The van der Waals surface area contributed by atoms with Gasteiger partial charge in [0.05, 0.1) is 29.3 Å². The SMILES string of the molecule is Cc1cccnc1CN1CCCC[C@H]1c1csc(Nc2ccc(C#N)nc2)n1. The number of aromatic nitrogens is 3. The van der Waals surface area contributed by atoms with Crippen molar-refractivity contribution in [2.45, 2.75) is 38.8 Å². The highest BCUT2D eigenvalue weighted by atomic mass is 32.1. The summed E-state index contributed by atoms with van der Waals surface area (Å²) in [7, 11) is 0. The van der Waals surface area contributed by atoms with Crippen LogP contribution in [0.2, 0.25) is 0 Å². The van der Waals surface area contributed by atoms with Crippen LogP contribution in [0.1, 0.15) is 47.9 Å². The Labute approximate surface area is 168 Å². The molecule has 1 aliphatic rings. The maximum atomic E-state index is 8.86. The zero-order valence-corrected chi connectivity index (χ0v) is 16.6. The molecule has 1 fully saturated rings. The van der Waals surface area contributed by atoms with E-state index in [0.29, 0.717) is 11.7 Å². The van der Waals surface area contributed by atoms with E-state index >= 15 is 0 Å². The number of thiazole rings is 1. The van der Waals surface area contributed by atoms with Gasteiger partial charge >= 0.3 is 0 Å². The predicted octanol–water partition coefficient (Wildman–Crippen LogP) is 4.58. The predicted molar refractivity (Wildman–Crippen MR) is 110 cm³/mol. The van der Waals surface area contributed by atoms with E-state index in [9.17, 15) is 0 Å². The van der Waals surface area contributed by atoms with Crippen molar-refractivity contribution in [2.24, 2.45) is 0 Å². The Hall–Kier alpha value is -2.82. The van der Waals surface area contributed by atoms with E-state index in [1.54, 1.807) is 23.6 Å². The number of pyridine rings is 2. The molecule has 142 valence electrons. The smallest absolute Gasteiger partial charge is 0.187 e. The molecule has 0 unspecified atom stereocenters. The van der Waals surface area contributed by atoms with Gasteiger partial charge < -0.3 is 5.32 Å². The summed E-state index contributed by atoms with van der Waals surface area (Å²) in [6, 6.07) is 10.0. The van der Waals surface area contributed by atoms with E-state index in [0.717, 1.165) is 41.7 Å². The van der Waals surface area contributed by atoms with Gasteiger partial charge in [0.2, 0.25) is 0 Å². The van der Waals surface area contributed by atoms with Crippen molar-refractivity contribution in [3.05, 3.63) is 64.7 Å². The average Bonchev–Trinajstić information content (AvgIpc) is 3.19. The molecule has 1 aliphatic heterocycles. The molecule has 7 heteroatoms. The number of piperidine rings is 1. The van der Waals surface area contributed by atoms with Crippen LogP contribution < -0.4 is 5.32 Å². The number of nitriles is 1. The molecule has 0 aliphatic carbocycles. The summed E-state index contributed by atoms with van der Waals surface area (Å²) < 4.78 is 0. The van der Waals surface area contributed by atoms with Gasteiger partial charge in [-0.05, 0) is 50.1 Å². The van der Waals surface area contributed by atoms with Crippen molar-refractivity contribution >= 4 is 22.2 Å². The molecule has 6 nitrogen and oxygen atoms in total. The van der Waals surface area contributed by atoms with Crippen molar-refractivity contribution in [1.29, 1.82) is 5.26 Å². The Morgan fingerprint density at radius 2 is 2.21 bits per heavy atom. The number of rotatable bonds is 5. The highest BCUT2D eigenvalue weighted by Crippen LogP contribution is 2.34. The van der Waals surface area contributed by atoms with Crippen LogP contribution in [-0.2, 0) is 6.54 Å². The van der Waals surface area contributed by atoms with Crippen molar-refractivity contribution in [1.82, 2.24) is 19.9 Å². The highest BCUT2D eigenvalue weighted by Gasteiger charge is 2.26. The third-order valence-corrected chi connectivity index (χ3v) is 5.85. The lowest BCUT2D eigenvalue weighted by Crippen LogP contribution is -2.33. The molecule has 28 heavy (non-hydrogen) atoms. The molecule has 0 saturated carbocycles. The second kappa shape index (κ2) is 8.46. The maximum Gasteiger partial charge on any atom is 0.187 e. The number of nitrogens with one attached hydrogen (secondary N) is 1. The Bertz CT molecular complexity index is 975. The van der Waals surface area contributed by atoms with Gasteiger partial charge in [0, 0.05) is 18.1 Å². The van der Waals surface area contributed by atoms with E-state index < -0.39 is 0 Å². The molecular weight excluding hydrogens is 368 g/mol. The molecular formula is C21H22N6S. The molecule has 0 amide bonds. The molecule has 0 spiro atoms. The summed E-state index contributed by atoms with van der Waals surface area (Å²) in [5.74, 6) is 0. The first-order valence-electron chi connectivity index (χ1n) is 9.46. The summed E-state index contributed by atoms with van der Waals surface area (Å²) in [6.45, 7) is 4.05. The lowest BCUT2D eigenvalue weighted by atomic mass is 9.99. The number of likely N-dealkylation sites (tertiary alicyclic amines) is 1. The Morgan fingerprint density at radius 1 is 1.29 bits per heavy atom. The molecule has 0 radical (unpaired) electrons. The summed E-state index contributed by atoms with van der Waals surface area (Å²) >= 11 is 1.60. The van der Waals surface area contributed by atoms with E-state index in [2.05, 4.69) is 38.6 Å². The lowest BCUT2D eigenvalue weighted by molar-refractivity contribution is 0.136. The fraction of sp³-hybridized carbons (Fsp3) is 0.333. The second-order valence-corrected chi connectivity index (χ2v) is 7.85. The lowest BCUT2D eigenvalue weighted by Gasteiger charge is -2.34. The molecule has 1 N–H and O–H groups in total. The van der Waals surface area contributed by atoms with E-state index in [1.807, 2.05) is 24.4 Å². The molecule has 0 aromatic carbocycles. The summed E-state index contributed by atoms with van der Waals surface area (Å²) in [5, 5.41) is 15.1. The van der Waals surface area contributed by atoms with Crippen LogP contribution in [0.5, 0.6) is 0 Å². The average molecular weight is 391 g/mol. The van der Waals surface area contributed by atoms with Crippen LogP contribution in [0.4, 0.5) is 10.8 Å². The summed E-state index contributed by atoms with van der Waals surface area (Å²) in [4.78, 5) is 16.0. The van der Waals surface area contributed by atoms with Crippen molar-refractivity contribution < 1.29 is 0 Å². The first kappa shape index (κ1) is 18.5. The van der Waals surface area contributed by atoms with Crippen molar-refractivity contribution in [3.63, 3.8) is 0 Å². The molecule has 1 atom stereocenters. The minimum absolute atomic E-state index is 0.320. The molecule has 4 rings (SSSR count). The molecule has 0 bridgehead atoms. The minimum atomic E-state index is 0.320. The summed E-state index contributed by atoms with van der Waals surface area (Å²) in [6.07, 6.45) is 7.10. The molecule has 3 aromatic rings. The number of aryl methyl sites for hydroxylation is 1. The minimum Gasteiger partial charge on any atom is -0.330 e. The van der Waals surface area contributed by atoms with Gasteiger partial charge in [-0.2, -0.15) is 5.26 Å². The van der Waals surface area contributed by atoms with E-state index in [1.165, 1.54) is 18.4 Å². The Morgan fingerprint density at radius 3 is 3.00 bits per heavy atom. The van der Waals surface area contributed by atoms with Gasteiger partial charge in [-0.1, -0.05) is 12.5 Å². The van der Waals surface area contributed by atoms with Gasteiger partial charge in [0.25, 0.3) is 0 Å². The van der Waals surface area contributed by atoms with Crippen LogP contribution in [0.15, 0.2) is 42.0 Å². The topological polar surface area (TPSA) is 77.7 Å². The normalized spacial score (nSPS) is 17.2. The zero-order chi connectivity index (χ0) is 19.3. The third-order valence-electron chi connectivity index (χ3n) is 5.08. The van der Waals surface area contributed by atoms with Crippen LogP contribution >= 0.6 is 11.3 Å². The monoisotopic (exact) mass is 390 g/mol. The molecule has 1 saturated heterocycles. The zero-order valence-electron chi connectivity index (χ0n) is 15.8. The number of hydrogen-bond donors (Lipinski definition) is 1. The first-order chi connectivity index (χ1) is 13.7.